The number of rotatable bonds is 6. The fourth-order valence-corrected chi connectivity index (χ4v) is 3.27. The van der Waals surface area contributed by atoms with Crippen molar-refractivity contribution in [3.8, 4) is 5.88 Å². The van der Waals surface area contributed by atoms with E-state index in [4.69, 9.17) is 4.74 Å². The Kier molecular flexibility index (Phi) is 4.80. The summed E-state index contributed by atoms with van der Waals surface area (Å²) in [6, 6.07) is 5.70. The van der Waals surface area contributed by atoms with E-state index in [1.165, 1.54) is 0 Å². The van der Waals surface area contributed by atoms with Gasteiger partial charge in [0.2, 0.25) is 5.88 Å². The van der Waals surface area contributed by atoms with Crippen LogP contribution in [0.5, 0.6) is 5.88 Å². The number of alkyl halides is 3. The van der Waals surface area contributed by atoms with Crippen LogP contribution in [0.4, 0.5) is 13.2 Å². The predicted molar refractivity (Wildman–Crippen MR) is 81.5 cm³/mol. The molecule has 0 spiro atoms. The van der Waals surface area contributed by atoms with Gasteiger partial charge < -0.3 is 10.1 Å². The Labute approximate surface area is 134 Å². The second-order valence-electron chi connectivity index (χ2n) is 6.66. The summed E-state index contributed by atoms with van der Waals surface area (Å²) < 4.78 is 44.1. The number of hydrogen-bond acceptors (Lipinski definition) is 3. The Morgan fingerprint density at radius 2 is 1.96 bits per heavy atom. The van der Waals surface area contributed by atoms with Gasteiger partial charge in [-0.2, -0.15) is 13.2 Å². The van der Waals surface area contributed by atoms with Crippen LogP contribution < -0.4 is 10.1 Å². The van der Waals surface area contributed by atoms with Crippen LogP contribution in [0.1, 0.15) is 50.1 Å². The minimum absolute atomic E-state index is 0.157. The lowest BCUT2D eigenvalue weighted by Crippen LogP contribution is -2.27. The topological polar surface area (TPSA) is 34.1 Å². The van der Waals surface area contributed by atoms with E-state index >= 15 is 0 Å². The summed E-state index contributed by atoms with van der Waals surface area (Å²) in [5, 5.41) is 3.32. The first kappa shape index (κ1) is 16.6. The van der Waals surface area contributed by atoms with E-state index in [0.717, 1.165) is 31.6 Å². The first-order chi connectivity index (χ1) is 11.0. The average molecular weight is 328 g/mol. The number of ether oxygens (including phenoxy) is 1. The van der Waals surface area contributed by atoms with Gasteiger partial charge in [-0.25, -0.2) is 4.98 Å². The van der Waals surface area contributed by atoms with Crippen molar-refractivity contribution in [3.63, 3.8) is 0 Å². The van der Waals surface area contributed by atoms with Crippen LogP contribution in [0.2, 0.25) is 0 Å². The highest BCUT2D eigenvalue weighted by molar-refractivity contribution is 5.19. The van der Waals surface area contributed by atoms with Gasteiger partial charge in [0, 0.05) is 17.7 Å². The Balaban J connectivity index is 1.47. The molecule has 3 rings (SSSR count). The Hall–Kier alpha value is -1.30. The third-order valence-electron chi connectivity index (χ3n) is 5.01. The van der Waals surface area contributed by atoms with E-state index < -0.39 is 11.6 Å². The molecule has 1 aliphatic heterocycles. The van der Waals surface area contributed by atoms with Gasteiger partial charge in [0.15, 0.2) is 0 Å². The zero-order valence-corrected chi connectivity index (χ0v) is 13.2. The zero-order valence-electron chi connectivity index (χ0n) is 13.2. The molecule has 2 heterocycles. The monoisotopic (exact) mass is 328 g/mol. The number of piperidine rings is 1. The number of hydrogen-bond donors (Lipinski definition) is 1. The first-order valence-corrected chi connectivity index (χ1v) is 8.37. The summed E-state index contributed by atoms with van der Waals surface area (Å²) >= 11 is 0. The molecule has 6 heteroatoms. The molecular weight excluding hydrogens is 305 g/mol. The lowest BCUT2D eigenvalue weighted by atomic mass is 9.94. The van der Waals surface area contributed by atoms with Gasteiger partial charge >= 0.3 is 6.18 Å². The van der Waals surface area contributed by atoms with Crippen LogP contribution in [0.25, 0.3) is 0 Å². The largest absolute Gasteiger partial charge is 0.478 e. The van der Waals surface area contributed by atoms with Gasteiger partial charge in [0.25, 0.3) is 0 Å². The third kappa shape index (κ3) is 3.97. The van der Waals surface area contributed by atoms with Crippen molar-refractivity contribution in [1.29, 1.82) is 0 Å². The number of nitrogens with zero attached hydrogens (tertiary/aromatic N) is 1. The number of nitrogens with one attached hydrogen (secondary N) is 1. The SMILES string of the molecule is FC(F)(F)C1(CCCOc2cccc(C3CCNCC3)n2)CC1. The lowest BCUT2D eigenvalue weighted by molar-refractivity contribution is -0.189. The molecule has 2 aliphatic rings. The number of halogens is 3. The maximum absolute atomic E-state index is 12.8. The average Bonchev–Trinajstić information content (AvgIpc) is 3.34. The summed E-state index contributed by atoms with van der Waals surface area (Å²) in [5.41, 5.74) is -0.404. The summed E-state index contributed by atoms with van der Waals surface area (Å²) in [5.74, 6) is 0.970. The third-order valence-corrected chi connectivity index (χ3v) is 5.01. The highest BCUT2D eigenvalue weighted by Gasteiger charge is 2.62. The van der Waals surface area contributed by atoms with Crippen molar-refractivity contribution in [2.24, 2.45) is 5.41 Å². The molecule has 23 heavy (non-hydrogen) atoms. The van der Waals surface area contributed by atoms with Crippen molar-refractivity contribution in [1.82, 2.24) is 10.3 Å². The van der Waals surface area contributed by atoms with Crippen molar-refractivity contribution in [2.75, 3.05) is 19.7 Å². The minimum Gasteiger partial charge on any atom is -0.478 e. The highest BCUT2D eigenvalue weighted by Crippen LogP contribution is 2.60. The first-order valence-electron chi connectivity index (χ1n) is 8.37. The maximum Gasteiger partial charge on any atom is 0.394 e. The van der Waals surface area contributed by atoms with E-state index in [9.17, 15) is 13.2 Å². The molecule has 1 saturated heterocycles. The van der Waals surface area contributed by atoms with E-state index in [-0.39, 0.29) is 19.3 Å². The van der Waals surface area contributed by atoms with Crippen molar-refractivity contribution >= 4 is 0 Å². The van der Waals surface area contributed by atoms with Crippen LogP contribution >= 0.6 is 0 Å². The molecule has 0 aromatic carbocycles. The molecule has 0 radical (unpaired) electrons. The Morgan fingerprint density at radius 3 is 2.61 bits per heavy atom. The lowest BCUT2D eigenvalue weighted by Gasteiger charge is -2.22. The fourth-order valence-electron chi connectivity index (χ4n) is 3.27. The molecule has 1 N–H and O–H groups in total. The van der Waals surface area contributed by atoms with Gasteiger partial charge in [0.05, 0.1) is 12.0 Å². The van der Waals surface area contributed by atoms with Crippen LogP contribution in [-0.2, 0) is 0 Å². The van der Waals surface area contributed by atoms with Crippen molar-refractivity contribution in [2.45, 2.75) is 50.6 Å². The zero-order chi connectivity index (χ0) is 16.3. The smallest absolute Gasteiger partial charge is 0.394 e. The molecule has 0 bridgehead atoms. The molecule has 0 atom stereocenters. The van der Waals surface area contributed by atoms with Crippen LogP contribution in [0, 0.1) is 5.41 Å². The molecule has 1 saturated carbocycles. The second kappa shape index (κ2) is 6.67. The summed E-state index contributed by atoms with van der Waals surface area (Å²) in [6.07, 6.45) is -0.849. The summed E-state index contributed by atoms with van der Waals surface area (Å²) in [6.45, 7) is 2.29. The Morgan fingerprint density at radius 1 is 1.22 bits per heavy atom. The van der Waals surface area contributed by atoms with Crippen molar-refractivity contribution in [3.05, 3.63) is 23.9 Å². The molecule has 128 valence electrons. The molecule has 0 unspecified atom stereocenters. The molecule has 1 aliphatic carbocycles. The van der Waals surface area contributed by atoms with Crippen LogP contribution in [0.3, 0.4) is 0 Å². The fraction of sp³-hybridized carbons (Fsp3) is 0.706. The van der Waals surface area contributed by atoms with E-state index in [1.807, 2.05) is 12.1 Å². The molecule has 1 aromatic rings. The van der Waals surface area contributed by atoms with Crippen molar-refractivity contribution < 1.29 is 17.9 Å². The minimum atomic E-state index is -4.07. The van der Waals surface area contributed by atoms with Crippen LogP contribution in [0.15, 0.2) is 18.2 Å². The maximum atomic E-state index is 12.8. The highest BCUT2D eigenvalue weighted by atomic mass is 19.4. The molecule has 3 nitrogen and oxygen atoms in total. The summed E-state index contributed by atoms with van der Waals surface area (Å²) in [4.78, 5) is 4.52. The van der Waals surface area contributed by atoms with E-state index in [2.05, 4.69) is 10.3 Å². The van der Waals surface area contributed by atoms with Gasteiger partial charge in [-0.1, -0.05) is 6.07 Å². The molecule has 2 fully saturated rings. The predicted octanol–water partition coefficient (Wildman–Crippen LogP) is 4.05. The van der Waals surface area contributed by atoms with E-state index in [1.54, 1.807) is 6.07 Å². The quantitative estimate of drug-likeness (QED) is 0.800. The van der Waals surface area contributed by atoms with Gasteiger partial charge in [-0.05, 0) is 57.7 Å². The van der Waals surface area contributed by atoms with Crippen LogP contribution in [-0.4, -0.2) is 30.9 Å². The van der Waals surface area contributed by atoms with Gasteiger partial charge in [-0.3, -0.25) is 0 Å². The molecule has 1 aromatic heterocycles. The standard InChI is InChI=1S/C17H23F3N2O/c18-17(19,20)16(8-9-16)7-2-12-23-15-4-1-3-14(22-15)13-5-10-21-11-6-13/h1,3-4,13,21H,2,5-12H2. The van der Waals surface area contributed by atoms with Gasteiger partial charge in [-0.15, -0.1) is 0 Å². The normalized spacial score (nSPS) is 21.2. The van der Waals surface area contributed by atoms with E-state index in [0.29, 0.717) is 24.8 Å². The molecule has 0 amide bonds. The molecular formula is C17H23F3N2O. The number of pyridine rings is 1. The summed E-state index contributed by atoms with van der Waals surface area (Å²) in [7, 11) is 0. The number of aromatic nitrogens is 1. The van der Waals surface area contributed by atoms with Gasteiger partial charge in [0.1, 0.15) is 0 Å². The second-order valence-corrected chi connectivity index (χ2v) is 6.66. The Bertz CT molecular complexity index is 523.